The third kappa shape index (κ3) is 4.53. The SMILES string of the molecule is CCCC(C(=O)OC)c1c(C)nc(N2CCCCC2)nc1N1CCCCC1. The fourth-order valence-corrected chi connectivity index (χ4v) is 4.35. The number of anilines is 2. The van der Waals surface area contributed by atoms with Crippen molar-refractivity contribution < 1.29 is 9.53 Å². The number of rotatable bonds is 6. The van der Waals surface area contributed by atoms with Gasteiger partial charge in [0.1, 0.15) is 5.82 Å². The van der Waals surface area contributed by atoms with Crippen LogP contribution in [0.1, 0.15) is 75.5 Å². The Kier molecular flexibility index (Phi) is 6.91. The van der Waals surface area contributed by atoms with E-state index in [9.17, 15) is 4.79 Å². The second kappa shape index (κ2) is 9.38. The van der Waals surface area contributed by atoms with Gasteiger partial charge < -0.3 is 14.5 Å². The van der Waals surface area contributed by atoms with Gasteiger partial charge >= 0.3 is 5.97 Å². The van der Waals surface area contributed by atoms with E-state index >= 15 is 0 Å². The average molecular weight is 375 g/mol. The minimum atomic E-state index is -0.285. The summed E-state index contributed by atoms with van der Waals surface area (Å²) in [7, 11) is 1.48. The summed E-state index contributed by atoms with van der Waals surface area (Å²) >= 11 is 0. The number of aryl methyl sites for hydroxylation is 1. The number of carbonyl (C=O) groups excluding carboxylic acids is 1. The molecule has 2 fully saturated rings. The topological polar surface area (TPSA) is 58.6 Å². The molecule has 0 aromatic carbocycles. The predicted octanol–water partition coefficient (Wildman–Crippen LogP) is 3.82. The molecule has 1 aromatic heterocycles. The lowest BCUT2D eigenvalue weighted by Crippen LogP contribution is -2.35. The van der Waals surface area contributed by atoms with Gasteiger partial charge in [0.25, 0.3) is 0 Å². The van der Waals surface area contributed by atoms with E-state index in [-0.39, 0.29) is 11.9 Å². The maximum atomic E-state index is 12.6. The van der Waals surface area contributed by atoms with Crippen molar-refractivity contribution in [3.63, 3.8) is 0 Å². The first-order valence-corrected chi connectivity index (χ1v) is 10.6. The van der Waals surface area contributed by atoms with Gasteiger partial charge in [-0.3, -0.25) is 4.79 Å². The van der Waals surface area contributed by atoms with Gasteiger partial charge in [-0.05, 0) is 51.9 Å². The van der Waals surface area contributed by atoms with E-state index in [0.717, 1.165) is 62.0 Å². The third-order valence-corrected chi connectivity index (χ3v) is 5.81. The summed E-state index contributed by atoms with van der Waals surface area (Å²) in [6.45, 7) is 8.19. The number of piperidine rings is 2. The minimum absolute atomic E-state index is 0.174. The molecule has 0 radical (unpaired) electrons. The smallest absolute Gasteiger partial charge is 0.313 e. The maximum Gasteiger partial charge on any atom is 0.313 e. The normalized spacial score (nSPS) is 19.1. The van der Waals surface area contributed by atoms with Gasteiger partial charge in [0.05, 0.1) is 13.0 Å². The molecule has 2 aliphatic rings. The summed E-state index contributed by atoms with van der Waals surface area (Å²) in [5, 5.41) is 0. The number of hydrogen-bond acceptors (Lipinski definition) is 6. The van der Waals surface area contributed by atoms with Crippen LogP contribution in [0.3, 0.4) is 0 Å². The van der Waals surface area contributed by atoms with Crippen molar-refractivity contribution in [2.45, 2.75) is 71.1 Å². The fraction of sp³-hybridized carbons (Fsp3) is 0.762. The van der Waals surface area contributed by atoms with Gasteiger partial charge in [-0.1, -0.05) is 13.3 Å². The van der Waals surface area contributed by atoms with Crippen molar-refractivity contribution in [2.24, 2.45) is 0 Å². The van der Waals surface area contributed by atoms with Gasteiger partial charge in [0.15, 0.2) is 0 Å². The van der Waals surface area contributed by atoms with Crippen LogP contribution in [0.25, 0.3) is 0 Å². The zero-order valence-corrected chi connectivity index (χ0v) is 17.2. The predicted molar refractivity (Wildman–Crippen MR) is 109 cm³/mol. The first kappa shape index (κ1) is 19.9. The number of ether oxygens (including phenoxy) is 1. The molecule has 2 aliphatic heterocycles. The van der Waals surface area contributed by atoms with Crippen molar-refractivity contribution >= 4 is 17.7 Å². The quantitative estimate of drug-likeness (QED) is 0.706. The lowest BCUT2D eigenvalue weighted by atomic mass is 9.92. The van der Waals surface area contributed by atoms with Crippen LogP contribution >= 0.6 is 0 Å². The third-order valence-electron chi connectivity index (χ3n) is 5.81. The van der Waals surface area contributed by atoms with Crippen molar-refractivity contribution in [1.82, 2.24) is 9.97 Å². The van der Waals surface area contributed by atoms with Crippen LogP contribution in [-0.4, -0.2) is 49.2 Å². The highest BCUT2D eigenvalue weighted by molar-refractivity contribution is 5.81. The molecule has 0 aliphatic carbocycles. The zero-order chi connectivity index (χ0) is 19.2. The van der Waals surface area contributed by atoms with Crippen LogP contribution in [0.15, 0.2) is 0 Å². The largest absolute Gasteiger partial charge is 0.469 e. The molecular weight excluding hydrogens is 340 g/mol. The van der Waals surface area contributed by atoms with E-state index in [1.807, 2.05) is 6.92 Å². The van der Waals surface area contributed by atoms with E-state index in [1.165, 1.54) is 45.6 Å². The highest BCUT2D eigenvalue weighted by atomic mass is 16.5. The Labute approximate surface area is 163 Å². The molecule has 150 valence electrons. The number of methoxy groups -OCH3 is 1. The van der Waals surface area contributed by atoms with Crippen molar-refractivity contribution in [2.75, 3.05) is 43.1 Å². The molecule has 0 N–H and O–H groups in total. The van der Waals surface area contributed by atoms with Crippen LogP contribution in [0.5, 0.6) is 0 Å². The Hall–Kier alpha value is -1.85. The first-order valence-electron chi connectivity index (χ1n) is 10.6. The van der Waals surface area contributed by atoms with Crippen molar-refractivity contribution in [1.29, 1.82) is 0 Å². The average Bonchev–Trinajstić information content (AvgIpc) is 2.72. The molecule has 0 spiro atoms. The van der Waals surface area contributed by atoms with Crippen LogP contribution in [0, 0.1) is 6.92 Å². The Morgan fingerprint density at radius 1 is 1.00 bits per heavy atom. The van der Waals surface area contributed by atoms with Crippen LogP contribution in [-0.2, 0) is 9.53 Å². The molecule has 0 amide bonds. The summed E-state index contributed by atoms with van der Waals surface area (Å²) in [5.41, 5.74) is 1.90. The zero-order valence-electron chi connectivity index (χ0n) is 17.2. The second-order valence-electron chi connectivity index (χ2n) is 7.81. The molecule has 3 heterocycles. The number of hydrogen-bond donors (Lipinski definition) is 0. The van der Waals surface area contributed by atoms with E-state index in [0.29, 0.717) is 0 Å². The van der Waals surface area contributed by atoms with Crippen LogP contribution < -0.4 is 9.80 Å². The Bertz CT molecular complexity index is 637. The monoisotopic (exact) mass is 374 g/mol. The molecule has 1 aromatic rings. The Morgan fingerprint density at radius 3 is 2.15 bits per heavy atom. The molecule has 6 nitrogen and oxygen atoms in total. The second-order valence-corrected chi connectivity index (χ2v) is 7.81. The summed E-state index contributed by atoms with van der Waals surface area (Å²) in [6.07, 6.45) is 9.00. The lowest BCUT2D eigenvalue weighted by molar-refractivity contribution is -0.142. The molecule has 0 bridgehead atoms. The summed E-state index contributed by atoms with van der Waals surface area (Å²) in [6, 6.07) is 0. The van der Waals surface area contributed by atoms with Crippen molar-refractivity contribution in [3.05, 3.63) is 11.3 Å². The Balaban J connectivity index is 2.04. The molecule has 6 heteroatoms. The highest BCUT2D eigenvalue weighted by Gasteiger charge is 2.31. The van der Waals surface area contributed by atoms with Crippen LogP contribution in [0.4, 0.5) is 11.8 Å². The van der Waals surface area contributed by atoms with Gasteiger partial charge in [-0.25, -0.2) is 4.98 Å². The van der Waals surface area contributed by atoms with E-state index in [2.05, 4.69) is 16.7 Å². The standard InChI is InChI=1S/C21H34N4O2/c1-4-11-17(20(26)27-3)18-16(2)22-21(25-14-9-6-10-15-25)23-19(18)24-12-7-5-8-13-24/h17H,4-15H2,1-3H3. The summed E-state index contributed by atoms with van der Waals surface area (Å²) in [5.74, 6) is 1.34. The first-order chi connectivity index (χ1) is 13.2. The highest BCUT2D eigenvalue weighted by Crippen LogP contribution is 2.35. The minimum Gasteiger partial charge on any atom is -0.469 e. The van der Waals surface area contributed by atoms with Gasteiger partial charge in [0.2, 0.25) is 5.95 Å². The Morgan fingerprint density at radius 2 is 1.59 bits per heavy atom. The lowest BCUT2D eigenvalue weighted by Gasteiger charge is -2.34. The van der Waals surface area contributed by atoms with Gasteiger partial charge in [0, 0.05) is 37.4 Å². The number of aromatic nitrogens is 2. The van der Waals surface area contributed by atoms with E-state index in [4.69, 9.17) is 14.7 Å². The summed E-state index contributed by atoms with van der Waals surface area (Å²) < 4.78 is 5.14. The van der Waals surface area contributed by atoms with Crippen LogP contribution in [0.2, 0.25) is 0 Å². The fourth-order valence-electron chi connectivity index (χ4n) is 4.35. The molecule has 3 rings (SSSR count). The van der Waals surface area contributed by atoms with E-state index < -0.39 is 0 Å². The molecule has 2 saturated heterocycles. The van der Waals surface area contributed by atoms with Crippen molar-refractivity contribution in [3.8, 4) is 0 Å². The molecule has 1 unspecified atom stereocenters. The van der Waals surface area contributed by atoms with Gasteiger partial charge in [-0.2, -0.15) is 4.98 Å². The molecule has 0 saturated carbocycles. The molecule has 27 heavy (non-hydrogen) atoms. The molecular formula is C21H34N4O2. The summed E-state index contributed by atoms with van der Waals surface area (Å²) in [4.78, 5) is 27.1. The number of nitrogens with zero attached hydrogens (tertiary/aromatic N) is 4. The maximum absolute atomic E-state index is 12.6. The number of carbonyl (C=O) groups is 1. The van der Waals surface area contributed by atoms with Gasteiger partial charge in [-0.15, -0.1) is 0 Å². The molecule has 1 atom stereocenters. The van der Waals surface area contributed by atoms with E-state index in [1.54, 1.807) is 0 Å². The number of esters is 1.